The maximum atomic E-state index is 5.58. The van der Waals surface area contributed by atoms with E-state index in [2.05, 4.69) is 48.6 Å². The van der Waals surface area contributed by atoms with E-state index in [0.29, 0.717) is 6.54 Å². The molecule has 0 radical (unpaired) electrons. The number of quaternary nitrogens is 2. The van der Waals surface area contributed by atoms with E-state index in [9.17, 15) is 0 Å². The molecule has 0 aromatic carbocycles. The first-order chi connectivity index (χ1) is 9.87. The highest BCUT2D eigenvalue weighted by Gasteiger charge is 2.39. The highest BCUT2D eigenvalue weighted by Crippen LogP contribution is 2.18. The number of aromatic amines is 1. The van der Waals surface area contributed by atoms with Crippen LogP contribution in [0.1, 0.15) is 21.3 Å². The predicted octanol–water partition coefficient (Wildman–Crippen LogP) is -0.500. The molecule has 3 N–H and O–H groups in total. The third kappa shape index (κ3) is 4.51. The zero-order chi connectivity index (χ0) is 15.5. The quantitative estimate of drug-likeness (QED) is 0.540. The molecular formula is C16H38N6+4. The smallest absolute Gasteiger partial charge is 0.325 e. The summed E-state index contributed by atoms with van der Waals surface area (Å²) in [7, 11) is 4.81. The Morgan fingerprint density at radius 3 is 2.32 bits per heavy atom. The van der Waals surface area contributed by atoms with Crippen molar-refractivity contribution >= 4 is 0 Å². The van der Waals surface area contributed by atoms with Crippen LogP contribution in [0.4, 0.5) is 0 Å². The van der Waals surface area contributed by atoms with Gasteiger partial charge in [-0.1, -0.05) is 7.43 Å². The third-order valence-electron chi connectivity index (χ3n) is 5.49. The monoisotopic (exact) mass is 314 g/mol. The maximum absolute atomic E-state index is 5.58. The van der Waals surface area contributed by atoms with Gasteiger partial charge in [-0.3, -0.25) is 0 Å². The number of hydrogen-bond donors (Lipinski definition) is 2. The molecule has 0 unspecified atom stereocenters. The standard InChI is InChI=1S/C15H33N6.CH4/c1-15(2)21(4)11-9-20(3,10-12-21)8-7-19-14-18(6-5-16)13-17-19;/h13-15H,5-12,16H2,1-4H3;1H4/q+3;/p+1. The van der Waals surface area contributed by atoms with Crippen molar-refractivity contribution in [3.63, 3.8) is 0 Å². The molecule has 1 aliphatic heterocycles. The van der Waals surface area contributed by atoms with Crippen molar-refractivity contribution in [2.45, 2.75) is 40.4 Å². The second-order valence-corrected chi connectivity index (χ2v) is 7.40. The fraction of sp³-hybridized carbons (Fsp3) is 0.875. The lowest BCUT2D eigenvalue weighted by atomic mass is 10.1. The molecule has 6 heteroatoms. The normalized spacial score (nSPS) is 28.6. The zero-order valence-electron chi connectivity index (χ0n) is 14.3. The van der Waals surface area contributed by atoms with Crippen molar-refractivity contribution in [3.8, 4) is 0 Å². The van der Waals surface area contributed by atoms with Crippen LogP contribution in [0.25, 0.3) is 0 Å². The van der Waals surface area contributed by atoms with E-state index >= 15 is 0 Å². The fourth-order valence-corrected chi connectivity index (χ4v) is 3.04. The van der Waals surface area contributed by atoms with E-state index in [1.54, 1.807) is 0 Å². The number of H-pyrrole nitrogens is 1. The summed E-state index contributed by atoms with van der Waals surface area (Å²) in [4.78, 5) is 0. The van der Waals surface area contributed by atoms with E-state index in [1.165, 1.54) is 41.7 Å². The van der Waals surface area contributed by atoms with Gasteiger partial charge in [0.1, 0.15) is 32.7 Å². The van der Waals surface area contributed by atoms with Gasteiger partial charge in [-0.05, 0) is 18.5 Å². The van der Waals surface area contributed by atoms with Gasteiger partial charge in [0.05, 0.1) is 26.7 Å². The average molecular weight is 315 g/mol. The third-order valence-corrected chi connectivity index (χ3v) is 5.49. The van der Waals surface area contributed by atoms with Crippen molar-refractivity contribution in [2.75, 3.05) is 53.4 Å². The van der Waals surface area contributed by atoms with Crippen LogP contribution in [0, 0.1) is 0 Å². The van der Waals surface area contributed by atoms with E-state index in [-0.39, 0.29) is 7.43 Å². The Kier molecular flexibility index (Phi) is 6.52. The second kappa shape index (κ2) is 7.53. The Morgan fingerprint density at radius 1 is 1.14 bits per heavy atom. The van der Waals surface area contributed by atoms with Crippen molar-refractivity contribution in [2.24, 2.45) is 5.73 Å². The molecule has 0 amide bonds. The van der Waals surface area contributed by atoms with Crippen LogP contribution in [-0.2, 0) is 13.1 Å². The van der Waals surface area contributed by atoms with Gasteiger partial charge in [0.25, 0.3) is 6.33 Å². The summed E-state index contributed by atoms with van der Waals surface area (Å²) in [6, 6.07) is 0.728. The second-order valence-electron chi connectivity index (χ2n) is 7.40. The van der Waals surface area contributed by atoms with Crippen LogP contribution in [0.3, 0.4) is 0 Å². The summed E-state index contributed by atoms with van der Waals surface area (Å²) < 4.78 is 6.69. The molecule has 2 rings (SSSR count). The van der Waals surface area contributed by atoms with Crippen LogP contribution < -0.4 is 15.0 Å². The summed E-state index contributed by atoms with van der Waals surface area (Å²) in [6.45, 7) is 13.6. The van der Waals surface area contributed by atoms with Gasteiger partial charge in [-0.2, -0.15) is 0 Å². The van der Waals surface area contributed by atoms with Gasteiger partial charge in [0.2, 0.25) is 6.54 Å². The molecular weight excluding hydrogens is 276 g/mol. The van der Waals surface area contributed by atoms with Crippen LogP contribution >= 0.6 is 0 Å². The first-order valence-corrected chi connectivity index (χ1v) is 8.22. The molecule has 1 aromatic rings. The number of piperazine rings is 1. The highest BCUT2D eigenvalue weighted by atomic mass is 15.5. The van der Waals surface area contributed by atoms with Gasteiger partial charge >= 0.3 is 6.33 Å². The van der Waals surface area contributed by atoms with Gasteiger partial charge < -0.3 is 14.7 Å². The molecule has 0 atom stereocenters. The van der Waals surface area contributed by atoms with Gasteiger partial charge in [0, 0.05) is 0 Å². The molecule has 0 aliphatic carbocycles. The number of hydrogen-bond acceptors (Lipinski definition) is 1. The Bertz CT molecular complexity index is 445. The molecule has 0 bridgehead atoms. The molecule has 0 spiro atoms. The Morgan fingerprint density at radius 2 is 1.77 bits per heavy atom. The molecule has 22 heavy (non-hydrogen) atoms. The van der Waals surface area contributed by atoms with Gasteiger partial charge in [0.15, 0.2) is 6.54 Å². The summed E-state index contributed by atoms with van der Waals surface area (Å²) in [5.74, 6) is 0. The molecule has 1 saturated heterocycles. The molecule has 128 valence electrons. The lowest BCUT2D eigenvalue weighted by molar-refractivity contribution is -1.03. The van der Waals surface area contributed by atoms with Crippen molar-refractivity contribution in [3.05, 3.63) is 12.7 Å². The first kappa shape index (κ1) is 19.1. The van der Waals surface area contributed by atoms with Crippen molar-refractivity contribution in [1.82, 2.24) is 5.10 Å². The minimum absolute atomic E-state index is 0. The first-order valence-electron chi connectivity index (χ1n) is 8.22. The number of nitrogens with zero attached hydrogens (tertiary/aromatic N) is 4. The van der Waals surface area contributed by atoms with Crippen LogP contribution in [-0.4, -0.2) is 73.5 Å². The van der Waals surface area contributed by atoms with Crippen LogP contribution in [0.2, 0.25) is 0 Å². The minimum Gasteiger partial charge on any atom is -0.325 e. The van der Waals surface area contributed by atoms with E-state index < -0.39 is 0 Å². The summed E-state index contributed by atoms with van der Waals surface area (Å²) in [6.07, 6.45) is 4.12. The highest BCUT2D eigenvalue weighted by molar-refractivity contribution is 4.53. The Balaban J connectivity index is 0.00000242. The Hall–Kier alpha value is -0.980. The van der Waals surface area contributed by atoms with Crippen LogP contribution in [0.15, 0.2) is 12.7 Å². The van der Waals surface area contributed by atoms with E-state index in [1.807, 2.05) is 6.33 Å². The maximum Gasteiger partial charge on any atom is 0.431 e. The predicted molar refractivity (Wildman–Crippen MR) is 88.8 cm³/mol. The van der Waals surface area contributed by atoms with Crippen molar-refractivity contribution in [1.29, 1.82) is 0 Å². The fourth-order valence-electron chi connectivity index (χ4n) is 3.04. The largest absolute Gasteiger partial charge is 0.431 e. The van der Waals surface area contributed by atoms with Gasteiger partial charge in [-0.15, -0.1) is 9.67 Å². The lowest BCUT2D eigenvalue weighted by Crippen LogP contribution is -2.67. The molecule has 2 heterocycles. The molecule has 1 fully saturated rings. The van der Waals surface area contributed by atoms with E-state index in [0.717, 1.165) is 19.1 Å². The number of nitrogens with one attached hydrogen (secondary N) is 1. The summed E-state index contributed by atoms with van der Waals surface area (Å²) >= 11 is 0. The number of rotatable bonds is 6. The molecule has 0 saturated carbocycles. The number of likely N-dealkylation sites (N-methyl/N-ethyl adjacent to an activating group) is 2. The Labute approximate surface area is 136 Å². The zero-order valence-corrected chi connectivity index (χ0v) is 14.3. The van der Waals surface area contributed by atoms with Gasteiger partial charge in [-0.25, -0.2) is 0 Å². The van der Waals surface area contributed by atoms with E-state index in [4.69, 9.17) is 5.73 Å². The summed E-state index contributed by atoms with van der Waals surface area (Å²) in [5.41, 5.74) is 5.58. The lowest BCUT2D eigenvalue weighted by Gasteiger charge is -2.47. The van der Waals surface area contributed by atoms with Crippen molar-refractivity contribution < 1.29 is 18.2 Å². The number of nitrogens with two attached hydrogens (primary N) is 1. The van der Waals surface area contributed by atoms with Crippen LogP contribution in [0.5, 0.6) is 0 Å². The average Bonchev–Trinajstić information content (AvgIpc) is 2.89. The number of aromatic nitrogens is 3. The SMILES string of the molecule is C.CC(C)[N+]1(C)CC[N+](C)(CC[n+]2c[n+](CCN)c[nH]2)CC1. The summed E-state index contributed by atoms with van der Waals surface area (Å²) in [5, 5.41) is 3.29. The molecule has 1 aliphatic rings. The molecule has 1 aromatic heterocycles. The topological polar surface area (TPSA) is 49.6 Å². The molecule has 6 nitrogen and oxygen atoms in total. The minimum atomic E-state index is 0.